The van der Waals surface area contributed by atoms with Crippen LogP contribution in [0.1, 0.15) is 12.5 Å². The summed E-state index contributed by atoms with van der Waals surface area (Å²) in [5.41, 5.74) is 2.19. The number of pyridine rings is 1. The van der Waals surface area contributed by atoms with E-state index in [1.165, 1.54) is 11.8 Å². The number of methoxy groups -OCH3 is 1. The number of nitrogens with one attached hydrogen (secondary N) is 1. The van der Waals surface area contributed by atoms with Crippen LogP contribution in [-0.2, 0) is 4.79 Å². The summed E-state index contributed by atoms with van der Waals surface area (Å²) in [6.45, 7) is 3.73. The van der Waals surface area contributed by atoms with E-state index in [0.29, 0.717) is 22.3 Å². The van der Waals surface area contributed by atoms with Gasteiger partial charge in [-0.3, -0.25) is 4.79 Å². The second kappa shape index (κ2) is 8.36. The SMILES string of the molecule is COc1ccc(C)cc1-n1nnnc1SC(C)C(=O)Nc1cccnc1Cl. The molecule has 3 rings (SSSR count). The molecule has 1 amide bonds. The minimum Gasteiger partial charge on any atom is -0.494 e. The standard InChI is InChI=1S/C17H17ClN6O2S/c1-10-6-7-14(26-3)13(9-10)24-17(21-22-23-24)27-11(2)16(25)20-12-5-4-8-19-15(12)18/h4-9,11H,1-3H3,(H,20,25). The summed E-state index contributed by atoms with van der Waals surface area (Å²) < 4.78 is 6.95. The number of carbonyl (C=O) groups excluding carboxylic acids is 1. The quantitative estimate of drug-likeness (QED) is 0.498. The predicted octanol–water partition coefficient (Wildman–Crippen LogP) is 3.15. The number of nitrogens with zero attached hydrogens (tertiary/aromatic N) is 5. The van der Waals surface area contributed by atoms with Crippen molar-refractivity contribution in [1.82, 2.24) is 25.2 Å². The molecule has 3 aromatic rings. The van der Waals surface area contributed by atoms with Crippen molar-refractivity contribution in [1.29, 1.82) is 0 Å². The van der Waals surface area contributed by atoms with Gasteiger partial charge in [0.05, 0.1) is 18.0 Å². The summed E-state index contributed by atoms with van der Waals surface area (Å²) in [5, 5.41) is 14.8. The Balaban J connectivity index is 1.79. The molecule has 0 radical (unpaired) electrons. The Hall–Kier alpha value is -2.65. The van der Waals surface area contributed by atoms with Crippen LogP contribution in [0.5, 0.6) is 5.75 Å². The van der Waals surface area contributed by atoms with Gasteiger partial charge in [0.15, 0.2) is 5.15 Å². The number of ether oxygens (including phenoxy) is 1. The fourth-order valence-corrected chi connectivity index (χ4v) is 3.26. The van der Waals surface area contributed by atoms with Crippen molar-refractivity contribution in [3.63, 3.8) is 0 Å². The molecule has 0 aliphatic carbocycles. The van der Waals surface area contributed by atoms with Crippen LogP contribution in [0.2, 0.25) is 5.15 Å². The van der Waals surface area contributed by atoms with Crippen molar-refractivity contribution in [3.05, 3.63) is 47.2 Å². The molecule has 1 unspecified atom stereocenters. The van der Waals surface area contributed by atoms with E-state index in [1.54, 1.807) is 37.0 Å². The average molecular weight is 405 g/mol. The number of anilines is 1. The van der Waals surface area contributed by atoms with Crippen molar-refractivity contribution in [2.75, 3.05) is 12.4 Å². The molecule has 140 valence electrons. The van der Waals surface area contributed by atoms with Gasteiger partial charge in [0.1, 0.15) is 11.4 Å². The number of hydrogen-bond acceptors (Lipinski definition) is 7. The zero-order chi connectivity index (χ0) is 19.4. The molecular formula is C17H17ClN6O2S. The van der Waals surface area contributed by atoms with Crippen LogP contribution in [0.25, 0.3) is 5.69 Å². The molecule has 2 heterocycles. The van der Waals surface area contributed by atoms with Gasteiger partial charge in [0.25, 0.3) is 0 Å². The monoisotopic (exact) mass is 404 g/mol. The molecule has 1 atom stereocenters. The molecule has 27 heavy (non-hydrogen) atoms. The Morgan fingerprint density at radius 3 is 2.93 bits per heavy atom. The summed E-state index contributed by atoms with van der Waals surface area (Å²) in [4.78, 5) is 16.4. The fourth-order valence-electron chi connectivity index (χ4n) is 2.29. The van der Waals surface area contributed by atoms with Crippen LogP contribution >= 0.6 is 23.4 Å². The molecule has 2 aromatic heterocycles. The first-order valence-corrected chi connectivity index (χ1v) is 9.26. The molecule has 0 aliphatic heterocycles. The molecule has 0 saturated heterocycles. The Morgan fingerprint density at radius 2 is 2.19 bits per heavy atom. The van der Waals surface area contributed by atoms with E-state index < -0.39 is 5.25 Å². The second-order valence-corrected chi connectivity index (χ2v) is 7.31. The molecule has 8 nitrogen and oxygen atoms in total. The Morgan fingerprint density at radius 1 is 1.37 bits per heavy atom. The van der Waals surface area contributed by atoms with Gasteiger partial charge in [-0.1, -0.05) is 29.4 Å². The molecule has 1 N–H and O–H groups in total. The first-order chi connectivity index (χ1) is 13.0. The van der Waals surface area contributed by atoms with Gasteiger partial charge in [-0.2, -0.15) is 4.68 Å². The van der Waals surface area contributed by atoms with E-state index in [-0.39, 0.29) is 11.1 Å². The number of halogens is 1. The van der Waals surface area contributed by atoms with Gasteiger partial charge in [0, 0.05) is 6.20 Å². The number of thioether (sulfide) groups is 1. The highest BCUT2D eigenvalue weighted by Crippen LogP contribution is 2.29. The largest absolute Gasteiger partial charge is 0.494 e. The lowest BCUT2D eigenvalue weighted by molar-refractivity contribution is -0.115. The zero-order valence-corrected chi connectivity index (χ0v) is 16.5. The van der Waals surface area contributed by atoms with Crippen molar-refractivity contribution in [2.24, 2.45) is 0 Å². The zero-order valence-electron chi connectivity index (χ0n) is 14.9. The van der Waals surface area contributed by atoms with Crippen LogP contribution in [0.4, 0.5) is 5.69 Å². The van der Waals surface area contributed by atoms with Gasteiger partial charge < -0.3 is 10.1 Å². The number of hydrogen-bond donors (Lipinski definition) is 1. The maximum absolute atomic E-state index is 12.5. The Labute approximate surface area is 165 Å². The van der Waals surface area contributed by atoms with Crippen molar-refractivity contribution in [3.8, 4) is 11.4 Å². The number of aryl methyl sites for hydroxylation is 1. The minimum absolute atomic E-state index is 0.234. The number of rotatable bonds is 6. The number of aromatic nitrogens is 5. The molecule has 10 heteroatoms. The van der Waals surface area contributed by atoms with Crippen LogP contribution in [0.15, 0.2) is 41.7 Å². The highest BCUT2D eigenvalue weighted by molar-refractivity contribution is 8.00. The van der Waals surface area contributed by atoms with Gasteiger partial charge in [-0.25, -0.2) is 4.98 Å². The second-order valence-electron chi connectivity index (χ2n) is 5.64. The van der Waals surface area contributed by atoms with E-state index in [9.17, 15) is 4.79 Å². The highest BCUT2D eigenvalue weighted by atomic mass is 35.5. The fraction of sp³-hybridized carbons (Fsp3) is 0.235. The molecule has 0 aliphatic rings. The first-order valence-electron chi connectivity index (χ1n) is 8.01. The van der Waals surface area contributed by atoms with Crippen LogP contribution in [0, 0.1) is 6.92 Å². The lowest BCUT2D eigenvalue weighted by Crippen LogP contribution is -2.23. The van der Waals surface area contributed by atoms with Crippen molar-refractivity contribution in [2.45, 2.75) is 24.3 Å². The Bertz CT molecular complexity index is 964. The van der Waals surface area contributed by atoms with Gasteiger partial charge in [-0.05, 0) is 54.1 Å². The van der Waals surface area contributed by atoms with E-state index in [4.69, 9.17) is 16.3 Å². The molecule has 0 bridgehead atoms. The van der Waals surface area contributed by atoms with E-state index in [1.807, 2.05) is 25.1 Å². The van der Waals surface area contributed by atoms with Crippen molar-refractivity contribution >= 4 is 35.0 Å². The maximum atomic E-state index is 12.5. The minimum atomic E-state index is -0.471. The number of carbonyl (C=O) groups is 1. The van der Waals surface area contributed by atoms with E-state index in [2.05, 4.69) is 25.8 Å². The predicted molar refractivity (Wildman–Crippen MR) is 104 cm³/mol. The summed E-state index contributed by atoms with van der Waals surface area (Å²) in [6.07, 6.45) is 1.56. The van der Waals surface area contributed by atoms with E-state index in [0.717, 1.165) is 5.56 Å². The molecular weight excluding hydrogens is 388 g/mol. The third kappa shape index (κ3) is 4.37. The van der Waals surface area contributed by atoms with Crippen LogP contribution < -0.4 is 10.1 Å². The summed E-state index contributed by atoms with van der Waals surface area (Å²) in [6, 6.07) is 9.09. The van der Waals surface area contributed by atoms with Gasteiger partial charge in [0.2, 0.25) is 11.1 Å². The topological polar surface area (TPSA) is 94.8 Å². The maximum Gasteiger partial charge on any atom is 0.237 e. The van der Waals surface area contributed by atoms with E-state index >= 15 is 0 Å². The average Bonchev–Trinajstić information content (AvgIpc) is 3.11. The van der Waals surface area contributed by atoms with Crippen LogP contribution in [0.3, 0.4) is 0 Å². The smallest absolute Gasteiger partial charge is 0.237 e. The highest BCUT2D eigenvalue weighted by Gasteiger charge is 2.21. The van der Waals surface area contributed by atoms with Gasteiger partial charge >= 0.3 is 0 Å². The Kier molecular flexibility index (Phi) is 5.92. The third-order valence-electron chi connectivity index (χ3n) is 3.67. The summed E-state index contributed by atoms with van der Waals surface area (Å²) >= 11 is 7.21. The normalized spacial score (nSPS) is 11.9. The number of tetrazole rings is 1. The van der Waals surface area contributed by atoms with Gasteiger partial charge in [-0.15, -0.1) is 5.10 Å². The first kappa shape index (κ1) is 19.1. The lowest BCUT2D eigenvalue weighted by Gasteiger charge is -2.13. The summed E-state index contributed by atoms with van der Waals surface area (Å²) in [5.74, 6) is 0.398. The van der Waals surface area contributed by atoms with Crippen LogP contribution in [-0.4, -0.2) is 43.5 Å². The third-order valence-corrected chi connectivity index (χ3v) is 5.01. The van der Waals surface area contributed by atoms with Crippen molar-refractivity contribution < 1.29 is 9.53 Å². The lowest BCUT2D eigenvalue weighted by atomic mass is 10.2. The molecule has 1 aromatic carbocycles. The number of amides is 1. The molecule has 0 spiro atoms. The molecule has 0 fully saturated rings. The number of benzene rings is 1. The molecule has 0 saturated carbocycles. The summed E-state index contributed by atoms with van der Waals surface area (Å²) in [7, 11) is 1.58.